The Morgan fingerprint density at radius 2 is 1.93 bits per heavy atom. The van der Waals surface area contributed by atoms with Crippen molar-refractivity contribution in [1.29, 1.82) is 0 Å². The summed E-state index contributed by atoms with van der Waals surface area (Å²) in [6.45, 7) is 3.48. The number of para-hydroxylation sites is 1. The molecule has 30 heavy (non-hydrogen) atoms. The summed E-state index contributed by atoms with van der Waals surface area (Å²) in [7, 11) is 1.60. The first kappa shape index (κ1) is 21.1. The minimum Gasteiger partial charge on any atom is -0.496 e. The molecule has 0 spiro atoms. The minimum atomic E-state index is -4.49. The molecule has 2 aliphatic heterocycles. The molecule has 2 aromatic carbocycles. The van der Waals surface area contributed by atoms with Crippen LogP contribution < -0.4 is 9.64 Å². The van der Waals surface area contributed by atoms with E-state index < -0.39 is 11.9 Å². The lowest BCUT2D eigenvalue weighted by Crippen LogP contribution is -2.41. The number of halogens is 4. The van der Waals surface area contributed by atoms with Crippen molar-refractivity contribution in [2.45, 2.75) is 25.3 Å². The highest BCUT2D eigenvalue weighted by Crippen LogP contribution is 2.50. The molecule has 0 aromatic heterocycles. The number of methoxy groups -OCH3 is 1. The SMILES string of the molecule is COc1c(C)cccc1[C@H]1SCC2=NCC(C)=C(C(F)(F)F)N2c2ccc(Cl)cc21. The van der Waals surface area contributed by atoms with E-state index in [0.717, 1.165) is 16.9 Å². The topological polar surface area (TPSA) is 24.8 Å². The standard InChI is InChI=1S/C22H20ClF3N2OS/c1-12-5-4-6-15(19(12)29-3)20-16-9-14(23)7-8-17(16)28-18(11-30-20)27-10-13(2)21(28)22(24,25)26/h4-9,20H,10-11H2,1-3H3/t20-/m1/s1. The van der Waals surface area contributed by atoms with E-state index in [1.165, 1.54) is 23.6 Å². The Labute approximate surface area is 182 Å². The second-order valence-electron chi connectivity index (χ2n) is 7.29. The number of allylic oxidation sites excluding steroid dienone is 1. The molecule has 2 aromatic rings. The molecule has 158 valence electrons. The maximum absolute atomic E-state index is 14.1. The fourth-order valence-corrected chi connectivity index (χ4v) is 5.47. The second kappa shape index (κ2) is 7.85. The number of benzene rings is 2. The van der Waals surface area contributed by atoms with Crippen molar-refractivity contribution in [3.05, 3.63) is 69.4 Å². The lowest BCUT2D eigenvalue weighted by molar-refractivity contribution is -0.0932. The highest BCUT2D eigenvalue weighted by molar-refractivity contribution is 8.00. The van der Waals surface area contributed by atoms with E-state index in [2.05, 4.69) is 4.99 Å². The molecule has 1 atom stereocenters. The molecular weight excluding hydrogens is 433 g/mol. The number of nitrogens with zero attached hydrogens (tertiary/aromatic N) is 2. The van der Waals surface area contributed by atoms with Crippen LogP contribution >= 0.6 is 23.4 Å². The molecule has 8 heteroatoms. The number of aliphatic imine (C=N–C) groups is 1. The van der Waals surface area contributed by atoms with Gasteiger partial charge in [-0.1, -0.05) is 29.8 Å². The third-order valence-electron chi connectivity index (χ3n) is 5.27. The molecular formula is C22H20ClF3N2OS. The van der Waals surface area contributed by atoms with Gasteiger partial charge in [-0.15, -0.1) is 11.8 Å². The molecule has 0 bridgehead atoms. The van der Waals surface area contributed by atoms with Crippen LogP contribution in [0.2, 0.25) is 5.02 Å². The molecule has 3 nitrogen and oxygen atoms in total. The summed E-state index contributed by atoms with van der Waals surface area (Å²) in [5, 5.41) is 0.217. The maximum atomic E-state index is 14.1. The highest BCUT2D eigenvalue weighted by Gasteiger charge is 2.45. The monoisotopic (exact) mass is 452 g/mol. The zero-order valence-corrected chi connectivity index (χ0v) is 18.3. The van der Waals surface area contributed by atoms with Crippen LogP contribution in [0.1, 0.15) is 28.9 Å². The zero-order valence-electron chi connectivity index (χ0n) is 16.7. The molecule has 0 aliphatic carbocycles. The van der Waals surface area contributed by atoms with E-state index in [0.29, 0.717) is 27.9 Å². The van der Waals surface area contributed by atoms with E-state index >= 15 is 0 Å². The summed E-state index contributed by atoms with van der Waals surface area (Å²) in [6.07, 6.45) is -4.49. The number of thioether (sulfide) groups is 1. The Kier molecular flexibility index (Phi) is 5.53. The van der Waals surface area contributed by atoms with Crippen molar-refractivity contribution in [3.63, 3.8) is 0 Å². The van der Waals surface area contributed by atoms with Gasteiger partial charge < -0.3 is 4.74 Å². The minimum absolute atomic E-state index is 0.0442. The number of hydrogen-bond acceptors (Lipinski definition) is 4. The summed E-state index contributed by atoms with van der Waals surface area (Å²) < 4.78 is 47.8. The molecule has 2 heterocycles. The van der Waals surface area contributed by atoms with E-state index in [4.69, 9.17) is 16.3 Å². The summed E-state index contributed by atoms with van der Waals surface area (Å²) in [5.74, 6) is 1.46. The molecule has 0 amide bonds. The van der Waals surface area contributed by atoms with Crippen LogP contribution in [0.3, 0.4) is 0 Å². The van der Waals surface area contributed by atoms with Crippen LogP contribution in [0.25, 0.3) is 0 Å². The third-order valence-corrected chi connectivity index (χ3v) is 6.78. The van der Waals surface area contributed by atoms with Gasteiger partial charge in [-0.05, 0) is 48.7 Å². The van der Waals surface area contributed by atoms with Crippen LogP contribution in [0.4, 0.5) is 18.9 Å². The predicted octanol–water partition coefficient (Wildman–Crippen LogP) is 6.55. The number of alkyl halides is 3. The number of ether oxygens (including phenoxy) is 1. The summed E-state index contributed by atoms with van der Waals surface area (Å²) in [4.78, 5) is 5.73. The molecule has 0 radical (unpaired) electrons. The van der Waals surface area contributed by atoms with Crippen LogP contribution in [-0.4, -0.2) is 31.4 Å². The van der Waals surface area contributed by atoms with Gasteiger partial charge in [0.25, 0.3) is 0 Å². The lowest BCUT2D eigenvalue weighted by Gasteiger charge is -2.34. The molecule has 0 N–H and O–H groups in total. The van der Waals surface area contributed by atoms with Gasteiger partial charge in [0.2, 0.25) is 0 Å². The molecule has 2 aliphatic rings. The molecule has 0 fully saturated rings. The van der Waals surface area contributed by atoms with Crippen molar-refractivity contribution in [2.24, 2.45) is 4.99 Å². The highest BCUT2D eigenvalue weighted by atomic mass is 35.5. The first-order chi connectivity index (χ1) is 14.2. The average molecular weight is 453 g/mol. The fraction of sp³-hybridized carbons (Fsp3) is 0.318. The Balaban J connectivity index is 1.96. The number of aryl methyl sites for hydroxylation is 1. The van der Waals surface area contributed by atoms with Crippen LogP contribution in [0, 0.1) is 6.92 Å². The van der Waals surface area contributed by atoms with Crippen molar-refractivity contribution in [1.82, 2.24) is 0 Å². The van der Waals surface area contributed by atoms with E-state index in [1.54, 1.807) is 25.3 Å². The lowest BCUT2D eigenvalue weighted by atomic mass is 9.98. The Hall–Kier alpha value is -2.12. The largest absolute Gasteiger partial charge is 0.496 e. The van der Waals surface area contributed by atoms with Gasteiger partial charge in [0, 0.05) is 10.6 Å². The van der Waals surface area contributed by atoms with Gasteiger partial charge in [0.1, 0.15) is 17.3 Å². The quantitative estimate of drug-likeness (QED) is 0.516. The number of amidine groups is 1. The Bertz CT molecular complexity index is 1060. The summed E-state index contributed by atoms with van der Waals surface area (Å²) in [5.41, 5.74) is 2.56. The smallest absolute Gasteiger partial charge is 0.431 e. The second-order valence-corrected chi connectivity index (χ2v) is 8.82. The molecule has 0 unspecified atom stereocenters. The van der Waals surface area contributed by atoms with Crippen molar-refractivity contribution < 1.29 is 17.9 Å². The van der Waals surface area contributed by atoms with E-state index in [-0.39, 0.29) is 17.4 Å². The number of hydrogen-bond donors (Lipinski definition) is 0. The van der Waals surface area contributed by atoms with Gasteiger partial charge >= 0.3 is 6.18 Å². The number of fused-ring (bicyclic) bond motifs is 3. The predicted molar refractivity (Wildman–Crippen MR) is 117 cm³/mol. The van der Waals surface area contributed by atoms with Crippen LogP contribution in [-0.2, 0) is 0 Å². The van der Waals surface area contributed by atoms with Crippen molar-refractivity contribution >= 4 is 34.9 Å². The third kappa shape index (κ3) is 3.58. The number of anilines is 1. The molecule has 0 saturated heterocycles. The van der Waals surface area contributed by atoms with Crippen molar-refractivity contribution in [2.75, 3.05) is 24.3 Å². The average Bonchev–Trinajstić information content (AvgIpc) is 2.83. The van der Waals surface area contributed by atoms with Gasteiger partial charge in [0.15, 0.2) is 0 Å². The number of rotatable bonds is 2. The maximum Gasteiger partial charge on any atom is 0.431 e. The molecule has 0 saturated carbocycles. The van der Waals surface area contributed by atoms with Gasteiger partial charge in [-0.3, -0.25) is 9.89 Å². The van der Waals surface area contributed by atoms with Crippen LogP contribution in [0.5, 0.6) is 5.75 Å². The van der Waals surface area contributed by atoms with Crippen LogP contribution in [0.15, 0.2) is 52.7 Å². The van der Waals surface area contributed by atoms with Gasteiger partial charge in [-0.25, -0.2) is 0 Å². The van der Waals surface area contributed by atoms with Crippen molar-refractivity contribution in [3.8, 4) is 5.75 Å². The summed E-state index contributed by atoms with van der Waals surface area (Å²) in [6, 6.07) is 10.8. The molecule has 4 rings (SSSR count). The van der Waals surface area contributed by atoms with E-state index in [1.807, 2.05) is 25.1 Å². The van der Waals surface area contributed by atoms with Gasteiger partial charge in [-0.2, -0.15) is 13.2 Å². The normalized spacial score (nSPS) is 19.1. The first-order valence-corrected chi connectivity index (χ1v) is 10.8. The Morgan fingerprint density at radius 3 is 2.63 bits per heavy atom. The fourth-order valence-electron chi connectivity index (χ4n) is 4.02. The summed E-state index contributed by atoms with van der Waals surface area (Å²) >= 11 is 7.82. The Morgan fingerprint density at radius 1 is 1.17 bits per heavy atom. The van der Waals surface area contributed by atoms with Gasteiger partial charge in [0.05, 0.1) is 30.3 Å². The first-order valence-electron chi connectivity index (χ1n) is 9.37. The van der Waals surface area contributed by atoms with E-state index in [9.17, 15) is 13.2 Å². The zero-order chi connectivity index (χ0) is 21.6.